The van der Waals surface area contributed by atoms with Crippen LogP contribution in [0.25, 0.3) is 0 Å². The number of thioether (sulfide) groups is 1. The molecule has 7 nitrogen and oxygen atoms in total. The van der Waals surface area contributed by atoms with Gasteiger partial charge in [0, 0.05) is 6.42 Å². The number of hydrogen-bond acceptors (Lipinski definition) is 5. The molecule has 2 aromatic rings. The zero-order valence-corrected chi connectivity index (χ0v) is 16.5. The molecule has 0 aromatic heterocycles. The molecule has 2 aliphatic heterocycles. The second-order valence-electron chi connectivity index (χ2n) is 6.93. The molecule has 29 heavy (non-hydrogen) atoms. The number of nitrogens with zero attached hydrogens (tertiary/aromatic N) is 1. The van der Waals surface area contributed by atoms with E-state index < -0.39 is 34.7 Å². The minimum atomic E-state index is -1.05. The summed E-state index contributed by atoms with van der Waals surface area (Å²) in [6.45, 7) is -0.234. The molecule has 0 aliphatic carbocycles. The Kier molecular flexibility index (Phi) is 4.96. The van der Waals surface area contributed by atoms with Crippen molar-refractivity contribution >= 4 is 29.5 Å². The molecule has 4 rings (SSSR count). The van der Waals surface area contributed by atoms with Crippen LogP contribution in [0.15, 0.2) is 54.6 Å². The van der Waals surface area contributed by atoms with Gasteiger partial charge in [-0.25, -0.2) is 4.79 Å². The van der Waals surface area contributed by atoms with Gasteiger partial charge in [-0.3, -0.25) is 9.59 Å². The largest absolute Gasteiger partial charge is 0.484 e. The Morgan fingerprint density at radius 3 is 2.59 bits per heavy atom. The number of β-lactam (4-membered cyclic amide) rings is 1. The van der Waals surface area contributed by atoms with Gasteiger partial charge in [0.25, 0.3) is 11.8 Å². The molecule has 3 atom stereocenters. The van der Waals surface area contributed by atoms with Crippen molar-refractivity contribution in [3.63, 3.8) is 0 Å². The van der Waals surface area contributed by atoms with E-state index in [1.807, 2.05) is 36.6 Å². The first-order valence-corrected chi connectivity index (χ1v) is 10.4. The van der Waals surface area contributed by atoms with E-state index in [2.05, 4.69) is 5.32 Å². The number of nitrogens with one attached hydrogen (secondary N) is 1. The van der Waals surface area contributed by atoms with Gasteiger partial charge in [-0.15, -0.1) is 11.8 Å². The second-order valence-corrected chi connectivity index (χ2v) is 7.96. The predicted molar refractivity (Wildman–Crippen MR) is 107 cm³/mol. The summed E-state index contributed by atoms with van der Waals surface area (Å²) in [5.74, 6) is -1.33. The minimum absolute atomic E-state index is 0.234. The van der Waals surface area contributed by atoms with Gasteiger partial charge < -0.3 is 20.1 Å². The number of ether oxygens (including phenoxy) is 1. The molecule has 2 heterocycles. The Morgan fingerprint density at radius 1 is 1.21 bits per heavy atom. The van der Waals surface area contributed by atoms with Crippen molar-refractivity contribution in [2.75, 3.05) is 12.9 Å². The number of fused-ring (bicyclic) bond motifs is 3. The van der Waals surface area contributed by atoms with Crippen LogP contribution in [0.3, 0.4) is 0 Å². The second kappa shape index (κ2) is 7.44. The lowest BCUT2D eigenvalue weighted by molar-refractivity contribution is -0.172. The normalized spacial score (nSPS) is 24.7. The van der Waals surface area contributed by atoms with Crippen LogP contribution in [0.5, 0.6) is 5.75 Å². The van der Waals surface area contributed by atoms with Crippen LogP contribution in [-0.4, -0.2) is 52.7 Å². The predicted octanol–water partition coefficient (Wildman–Crippen LogP) is 1.62. The fourth-order valence-corrected chi connectivity index (χ4v) is 5.34. The van der Waals surface area contributed by atoms with E-state index in [0.29, 0.717) is 5.75 Å². The quantitative estimate of drug-likeness (QED) is 0.700. The number of rotatable bonds is 6. The summed E-state index contributed by atoms with van der Waals surface area (Å²) in [5, 5.41) is 12.4. The lowest BCUT2D eigenvalue weighted by atomic mass is 9.77. The van der Waals surface area contributed by atoms with E-state index in [-0.39, 0.29) is 13.0 Å². The molecular formula is C21H20N2O5S. The number of benzene rings is 2. The third-order valence-corrected chi connectivity index (χ3v) is 6.65. The maximum absolute atomic E-state index is 12.9. The van der Waals surface area contributed by atoms with E-state index in [1.54, 1.807) is 24.3 Å². The lowest BCUT2D eigenvalue weighted by Crippen LogP contribution is -2.80. The SMILES string of the molecule is CSC12c3ccccc3CC(C(=O)O)N1C(=O)C2NC(=O)COc1ccccc1. The zero-order chi connectivity index (χ0) is 20.6. The van der Waals surface area contributed by atoms with Crippen molar-refractivity contribution < 1.29 is 24.2 Å². The van der Waals surface area contributed by atoms with Crippen LogP contribution in [0.1, 0.15) is 11.1 Å². The molecule has 0 bridgehead atoms. The van der Waals surface area contributed by atoms with E-state index in [0.717, 1.165) is 11.1 Å². The summed E-state index contributed by atoms with van der Waals surface area (Å²) in [5.41, 5.74) is 1.73. The van der Waals surface area contributed by atoms with Crippen LogP contribution < -0.4 is 10.1 Å². The molecular weight excluding hydrogens is 392 g/mol. The van der Waals surface area contributed by atoms with Crippen LogP contribution in [0.4, 0.5) is 0 Å². The van der Waals surface area contributed by atoms with Gasteiger partial charge in [0.1, 0.15) is 22.7 Å². The van der Waals surface area contributed by atoms with Crippen molar-refractivity contribution in [2.45, 2.75) is 23.4 Å². The van der Waals surface area contributed by atoms with Gasteiger partial charge in [-0.2, -0.15) is 0 Å². The highest BCUT2D eigenvalue weighted by Gasteiger charge is 2.67. The Bertz CT molecular complexity index is 967. The molecule has 2 N–H and O–H groups in total. The average Bonchev–Trinajstić information content (AvgIpc) is 2.74. The first kappa shape index (κ1) is 19.3. The van der Waals surface area contributed by atoms with Crippen molar-refractivity contribution in [1.29, 1.82) is 0 Å². The molecule has 2 aromatic carbocycles. The van der Waals surface area contributed by atoms with Gasteiger partial charge in [0.05, 0.1) is 0 Å². The van der Waals surface area contributed by atoms with Crippen LogP contribution in [-0.2, 0) is 25.7 Å². The van der Waals surface area contributed by atoms with Crippen molar-refractivity contribution in [2.24, 2.45) is 0 Å². The fourth-order valence-electron chi connectivity index (χ4n) is 4.11. The summed E-state index contributed by atoms with van der Waals surface area (Å²) < 4.78 is 5.47. The van der Waals surface area contributed by atoms with Gasteiger partial charge in [0.2, 0.25) is 0 Å². The number of hydrogen-bond donors (Lipinski definition) is 2. The monoisotopic (exact) mass is 412 g/mol. The van der Waals surface area contributed by atoms with Gasteiger partial charge >= 0.3 is 5.97 Å². The van der Waals surface area contributed by atoms with Gasteiger partial charge in [-0.05, 0) is 29.5 Å². The smallest absolute Gasteiger partial charge is 0.326 e. The van der Waals surface area contributed by atoms with Gasteiger partial charge in [0.15, 0.2) is 6.61 Å². The first-order chi connectivity index (χ1) is 14.0. The highest BCUT2D eigenvalue weighted by molar-refractivity contribution is 7.99. The Balaban J connectivity index is 1.59. The molecule has 2 amide bonds. The van der Waals surface area contributed by atoms with Crippen molar-refractivity contribution in [1.82, 2.24) is 10.2 Å². The van der Waals surface area contributed by atoms with E-state index in [1.165, 1.54) is 16.7 Å². The maximum atomic E-state index is 12.9. The third-order valence-electron chi connectivity index (χ3n) is 5.38. The molecule has 8 heteroatoms. The molecule has 150 valence electrons. The molecule has 2 aliphatic rings. The van der Waals surface area contributed by atoms with Crippen LogP contribution >= 0.6 is 11.8 Å². The molecule has 1 fully saturated rings. The van der Waals surface area contributed by atoms with E-state index >= 15 is 0 Å². The maximum Gasteiger partial charge on any atom is 0.326 e. The third kappa shape index (κ3) is 3.04. The number of carbonyl (C=O) groups is 3. The fraction of sp³-hybridized carbons (Fsp3) is 0.286. The molecule has 0 spiro atoms. The number of para-hydroxylation sites is 1. The Hall–Kier alpha value is -3.00. The van der Waals surface area contributed by atoms with E-state index in [4.69, 9.17) is 4.74 Å². The lowest BCUT2D eigenvalue weighted by Gasteiger charge is -2.61. The number of aliphatic carboxylic acids is 1. The average molecular weight is 412 g/mol. The summed E-state index contributed by atoms with van der Waals surface area (Å²) in [6, 6.07) is 14.6. The number of amides is 2. The van der Waals surface area contributed by atoms with E-state index in [9.17, 15) is 19.5 Å². The first-order valence-electron chi connectivity index (χ1n) is 9.15. The molecule has 0 radical (unpaired) electrons. The molecule has 3 unspecified atom stereocenters. The van der Waals surface area contributed by atoms with Crippen molar-refractivity contribution in [3.8, 4) is 5.75 Å². The van der Waals surface area contributed by atoms with Crippen molar-refractivity contribution in [3.05, 3.63) is 65.7 Å². The highest BCUT2D eigenvalue weighted by atomic mass is 32.2. The highest BCUT2D eigenvalue weighted by Crippen LogP contribution is 2.54. The van der Waals surface area contributed by atoms with Crippen LogP contribution in [0, 0.1) is 0 Å². The van der Waals surface area contributed by atoms with Gasteiger partial charge in [-0.1, -0.05) is 42.5 Å². The summed E-state index contributed by atoms with van der Waals surface area (Å²) in [4.78, 5) is 37.7. The zero-order valence-electron chi connectivity index (χ0n) is 15.7. The summed E-state index contributed by atoms with van der Waals surface area (Å²) in [7, 11) is 0. The Morgan fingerprint density at radius 2 is 1.90 bits per heavy atom. The summed E-state index contributed by atoms with van der Waals surface area (Å²) >= 11 is 1.36. The Labute approximate surface area is 172 Å². The number of carboxylic acids is 1. The molecule has 1 saturated heterocycles. The summed E-state index contributed by atoms with van der Waals surface area (Å²) in [6.07, 6.45) is 2.07. The molecule has 0 saturated carbocycles. The van der Waals surface area contributed by atoms with Crippen LogP contribution in [0.2, 0.25) is 0 Å². The minimum Gasteiger partial charge on any atom is -0.484 e. The topological polar surface area (TPSA) is 95.9 Å². The number of carboxylic acid groups (broad SMARTS) is 1. The number of carbonyl (C=O) groups excluding carboxylic acids is 2. The standard InChI is InChI=1S/C21H20N2O5S/c1-29-21-15-10-6-5-7-13(15)11-16(20(26)27)23(21)19(25)18(21)22-17(24)12-28-14-8-3-2-4-9-14/h2-10,16,18H,11-12H2,1H3,(H,22,24)(H,26,27).